The van der Waals surface area contributed by atoms with E-state index in [9.17, 15) is 4.79 Å². The number of hydrogen-bond acceptors (Lipinski definition) is 2. The third kappa shape index (κ3) is 2.49. The predicted octanol–water partition coefficient (Wildman–Crippen LogP) is 2.02. The highest BCUT2D eigenvalue weighted by Gasteiger charge is 2.05. The molecule has 0 saturated heterocycles. The maximum Gasteiger partial charge on any atom is 0.314 e. The summed E-state index contributed by atoms with van der Waals surface area (Å²) in [5.41, 5.74) is 5.07. The van der Waals surface area contributed by atoms with Gasteiger partial charge in [0.05, 0.1) is 10.3 Å². The number of amides is 2. The molecule has 1 heterocycles. The van der Waals surface area contributed by atoms with E-state index in [1.54, 1.807) is 18.4 Å². The first kappa shape index (κ1) is 9.54. The molecule has 1 aromatic rings. The van der Waals surface area contributed by atoms with Crippen molar-refractivity contribution in [2.24, 2.45) is 5.73 Å². The molecule has 0 aromatic carbocycles. The normalized spacial score (nSPS) is 9.83. The molecular weight excluding hydrogens is 240 g/mol. The Morgan fingerprint density at radius 2 is 2.42 bits per heavy atom. The fraction of sp³-hybridized carbons (Fsp3) is 0.286. The minimum Gasteiger partial charge on any atom is -0.351 e. The lowest BCUT2D eigenvalue weighted by atomic mass is 10.4. The molecule has 0 fully saturated rings. The third-order valence-electron chi connectivity index (χ3n) is 1.40. The van der Waals surface area contributed by atoms with Crippen molar-refractivity contribution in [2.45, 2.75) is 6.54 Å². The number of nitrogens with zero attached hydrogens (tertiary/aromatic N) is 1. The molecule has 0 aliphatic heterocycles. The Morgan fingerprint density at radius 3 is 2.83 bits per heavy atom. The fourth-order valence-corrected chi connectivity index (χ4v) is 2.29. The lowest BCUT2D eigenvalue weighted by molar-refractivity contribution is 0.217. The van der Waals surface area contributed by atoms with E-state index < -0.39 is 6.03 Å². The first-order valence-corrected chi connectivity index (χ1v) is 4.95. The Morgan fingerprint density at radius 1 is 1.75 bits per heavy atom. The van der Waals surface area contributed by atoms with Crippen molar-refractivity contribution < 1.29 is 4.79 Å². The lowest BCUT2D eigenvalue weighted by Crippen LogP contribution is -2.31. The van der Waals surface area contributed by atoms with Gasteiger partial charge in [-0.1, -0.05) is 0 Å². The molecule has 0 bridgehead atoms. The summed E-state index contributed by atoms with van der Waals surface area (Å²) in [4.78, 5) is 13.2. The van der Waals surface area contributed by atoms with Crippen molar-refractivity contribution in [2.75, 3.05) is 7.05 Å². The quantitative estimate of drug-likeness (QED) is 0.856. The number of halogens is 1. The summed E-state index contributed by atoms with van der Waals surface area (Å²) >= 11 is 4.94. The SMILES string of the molecule is CN(Cc1ccc(Br)s1)C(N)=O. The number of primary amides is 1. The molecule has 66 valence electrons. The average Bonchev–Trinajstić information content (AvgIpc) is 2.35. The maximum atomic E-state index is 10.7. The second kappa shape index (κ2) is 3.91. The van der Waals surface area contributed by atoms with E-state index in [1.807, 2.05) is 12.1 Å². The van der Waals surface area contributed by atoms with Crippen LogP contribution in [0.5, 0.6) is 0 Å². The summed E-state index contributed by atoms with van der Waals surface area (Å²) in [5, 5.41) is 0. The number of hydrogen-bond donors (Lipinski definition) is 1. The number of carbonyl (C=O) groups is 1. The Hall–Kier alpha value is -0.550. The van der Waals surface area contributed by atoms with Crippen LogP contribution in [-0.2, 0) is 6.54 Å². The Balaban J connectivity index is 2.58. The monoisotopic (exact) mass is 248 g/mol. The van der Waals surface area contributed by atoms with Crippen LogP contribution in [0.3, 0.4) is 0 Å². The third-order valence-corrected chi connectivity index (χ3v) is 3.01. The minimum atomic E-state index is -0.403. The topological polar surface area (TPSA) is 46.3 Å². The van der Waals surface area contributed by atoms with E-state index in [2.05, 4.69) is 15.9 Å². The van der Waals surface area contributed by atoms with Crippen LogP contribution in [0.2, 0.25) is 0 Å². The van der Waals surface area contributed by atoms with Gasteiger partial charge in [0.15, 0.2) is 0 Å². The molecule has 5 heteroatoms. The average molecular weight is 249 g/mol. The van der Waals surface area contributed by atoms with E-state index in [-0.39, 0.29) is 0 Å². The van der Waals surface area contributed by atoms with Crippen molar-refractivity contribution in [1.29, 1.82) is 0 Å². The Bertz CT molecular complexity index is 287. The first-order chi connectivity index (χ1) is 5.59. The predicted molar refractivity (Wildman–Crippen MR) is 53.1 cm³/mol. The summed E-state index contributed by atoms with van der Waals surface area (Å²) in [6.45, 7) is 0.575. The van der Waals surface area contributed by atoms with Gasteiger partial charge in [-0.2, -0.15) is 0 Å². The van der Waals surface area contributed by atoms with Gasteiger partial charge in [-0.25, -0.2) is 4.79 Å². The summed E-state index contributed by atoms with van der Waals surface area (Å²) in [6, 6.07) is 3.52. The number of carbonyl (C=O) groups excluding carboxylic acids is 1. The maximum absolute atomic E-state index is 10.7. The summed E-state index contributed by atoms with van der Waals surface area (Å²) < 4.78 is 1.07. The number of thiophene rings is 1. The zero-order valence-corrected chi connectivity index (χ0v) is 8.98. The van der Waals surface area contributed by atoms with Gasteiger partial charge in [-0.05, 0) is 28.1 Å². The number of rotatable bonds is 2. The van der Waals surface area contributed by atoms with Crippen molar-refractivity contribution in [1.82, 2.24) is 4.90 Å². The van der Waals surface area contributed by atoms with E-state index in [1.165, 1.54) is 4.90 Å². The van der Waals surface area contributed by atoms with Crippen LogP contribution < -0.4 is 5.73 Å². The van der Waals surface area contributed by atoms with Gasteiger partial charge in [0, 0.05) is 11.9 Å². The molecule has 0 radical (unpaired) electrons. The van der Waals surface area contributed by atoms with E-state index in [4.69, 9.17) is 5.73 Å². The van der Waals surface area contributed by atoms with Crippen molar-refractivity contribution in [3.63, 3.8) is 0 Å². The highest BCUT2D eigenvalue weighted by atomic mass is 79.9. The fourth-order valence-electron chi connectivity index (χ4n) is 0.748. The van der Waals surface area contributed by atoms with Gasteiger partial charge < -0.3 is 10.6 Å². The summed E-state index contributed by atoms with van der Waals surface area (Å²) in [6.07, 6.45) is 0. The zero-order chi connectivity index (χ0) is 9.14. The van der Waals surface area contributed by atoms with E-state index in [0.29, 0.717) is 6.54 Å². The Labute approximate surface area is 83.3 Å². The molecular formula is C7H9BrN2OS. The van der Waals surface area contributed by atoms with E-state index >= 15 is 0 Å². The molecule has 0 unspecified atom stereocenters. The second-order valence-corrected chi connectivity index (χ2v) is 4.95. The van der Waals surface area contributed by atoms with Crippen LogP contribution in [0.25, 0.3) is 0 Å². The van der Waals surface area contributed by atoms with Crippen LogP contribution in [0.4, 0.5) is 4.79 Å². The molecule has 0 aliphatic carbocycles. The molecule has 1 rings (SSSR count). The summed E-state index contributed by atoms with van der Waals surface area (Å²) in [5.74, 6) is 0. The van der Waals surface area contributed by atoms with Crippen molar-refractivity contribution >= 4 is 33.3 Å². The molecule has 0 atom stereocenters. The van der Waals surface area contributed by atoms with Gasteiger partial charge in [0.1, 0.15) is 0 Å². The van der Waals surface area contributed by atoms with E-state index in [0.717, 1.165) is 8.66 Å². The molecule has 0 aliphatic rings. The van der Waals surface area contributed by atoms with Crippen LogP contribution in [0.15, 0.2) is 15.9 Å². The van der Waals surface area contributed by atoms with Crippen LogP contribution in [0.1, 0.15) is 4.88 Å². The minimum absolute atomic E-state index is 0.403. The standard InChI is InChI=1S/C7H9BrN2OS/c1-10(7(9)11)4-5-2-3-6(8)12-5/h2-3H,4H2,1H3,(H2,9,11). The lowest BCUT2D eigenvalue weighted by Gasteiger charge is -2.11. The molecule has 3 nitrogen and oxygen atoms in total. The van der Waals surface area contributed by atoms with Gasteiger partial charge in [-0.3, -0.25) is 0 Å². The molecule has 0 spiro atoms. The molecule has 2 amide bonds. The number of nitrogens with two attached hydrogens (primary N) is 1. The molecule has 0 saturated carbocycles. The zero-order valence-electron chi connectivity index (χ0n) is 6.58. The number of urea groups is 1. The smallest absolute Gasteiger partial charge is 0.314 e. The van der Waals surface area contributed by atoms with Gasteiger partial charge in [-0.15, -0.1) is 11.3 Å². The van der Waals surface area contributed by atoms with Crippen LogP contribution in [-0.4, -0.2) is 18.0 Å². The first-order valence-electron chi connectivity index (χ1n) is 3.34. The van der Waals surface area contributed by atoms with Crippen LogP contribution in [0, 0.1) is 0 Å². The van der Waals surface area contributed by atoms with Crippen molar-refractivity contribution in [3.05, 3.63) is 20.8 Å². The highest BCUT2D eigenvalue weighted by molar-refractivity contribution is 9.11. The summed E-state index contributed by atoms with van der Waals surface area (Å²) in [7, 11) is 1.68. The molecule has 12 heavy (non-hydrogen) atoms. The van der Waals surface area contributed by atoms with Gasteiger partial charge in [0.2, 0.25) is 0 Å². The largest absolute Gasteiger partial charge is 0.351 e. The highest BCUT2D eigenvalue weighted by Crippen LogP contribution is 2.22. The second-order valence-electron chi connectivity index (χ2n) is 2.40. The van der Waals surface area contributed by atoms with Gasteiger partial charge >= 0.3 is 6.03 Å². The van der Waals surface area contributed by atoms with Crippen LogP contribution >= 0.6 is 27.3 Å². The molecule has 1 aromatic heterocycles. The van der Waals surface area contributed by atoms with Gasteiger partial charge in [0.25, 0.3) is 0 Å². The van der Waals surface area contributed by atoms with Crippen molar-refractivity contribution in [3.8, 4) is 0 Å². The Kier molecular flexibility index (Phi) is 3.11. The molecule has 2 N–H and O–H groups in total.